The van der Waals surface area contributed by atoms with Gasteiger partial charge in [0.25, 0.3) is 10.0 Å². The van der Waals surface area contributed by atoms with Crippen molar-refractivity contribution >= 4 is 44.1 Å². The third-order valence-electron chi connectivity index (χ3n) is 1.99. The predicted octanol–water partition coefficient (Wildman–Crippen LogP) is 1.21. The lowest BCUT2D eigenvalue weighted by molar-refractivity contribution is 0.600. The second-order valence-corrected chi connectivity index (χ2v) is 6.13. The summed E-state index contributed by atoms with van der Waals surface area (Å²) in [5, 5.41) is 10.0. The summed E-state index contributed by atoms with van der Waals surface area (Å²) in [7, 11) is -3.79. The molecule has 0 atom stereocenters. The van der Waals surface area contributed by atoms with Gasteiger partial charge >= 0.3 is 0 Å². The van der Waals surface area contributed by atoms with Gasteiger partial charge in [0.15, 0.2) is 0 Å². The minimum absolute atomic E-state index is 0.0608. The Kier molecular flexibility index (Phi) is 4.12. The molecule has 2 aromatic heterocycles. The van der Waals surface area contributed by atoms with Crippen molar-refractivity contribution < 1.29 is 8.42 Å². The third-order valence-corrected chi connectivity index (χ3v) is 4.23. The highest BCUT2D eigenvalue weighted by atomic mass is 35.5. The van der Waals surface area contributed by atoms with Gasteiger partial charge in [-0.15, -0.1) is 0 Å². The molecule has 2 heterocycles. The Balaban J connectivity index is 2.28. The Hall–Kier alpha value is -1.52. The molecule has 0 fully saturated rings. The van der Waals surface area contributed by atoms with Crippen LogP contribution in [0.5, 0.6) is 0 Å². The molecule has 0 saturated heterocycles. The van der Waals surface area contributed by atoms with Crippen LogP contribution in [0.4, 0.5) is 10.9 Å². The van der Waals surface area contributed by atoms with E-state index in [1.165, 1.54) is 12.3 Å². The van der Waals surface area contributed by atoms with Gasteiger partial charge in [-0.2, -0.15) is 0 Å². The van der Waals surface area contributed by atoms with E-state index in [1.54, 1.807) is 0 Å². The molecule has 0 aliphatic rings. The number of sulfonamides is 1. The lowest BCUT2D eigenvalue weighted by Crippen LogP contribution is -2.13. The van der Waals surface area contributed by atoms with Gasteiger partial charge in [0.1, 0.15) is 10.7 Å². The number of halogens is 1. The average molecular weight is 321 g/mol. The summed E-state index contributed by atoms with van der Waals surface area (Å²) in [5.74, 6) is 0.431. The highest BCUT2D eigenvalue weighted by Crippen LogP contribution is 2.23. The zero-order chi connectivity index (χ0) is 13.9. The van der Waals surface area contributed by atoms with E-state index in [-0.39, 0.29) is 15.0 Å². The van der Waals surface area contributed by atoms with E-state index < -0.39 is 10.0 Å². The minimum atomic E-state index is -3.79. The van der Waals surface area contributed by atoms with Crippen LogP contribution in [-0.4, -0.2) is 34.7 Å². The average Bonchev–Trinajstić information content (AvgIpc) is 2.84. The first-order valence-electron chi connectivity index (χ1n) is 5.10. The lowest BCUT2D eigenvalue weighted by atomic mass is 10.4. The van der Waals surface area contributed by atoms with Crippen molar-refractivity contribution in [3.8, 4) is 0 Å². The fourth-order valence-corrected chi connectivity index (χ4v) is 3.06. The van der Waals surface area contributed by atoms with Crippen molar-refractivity contribution in [3.63, 3.8) is 0 Å². The number of anilines is 2. The van der Waals surface area contributed by atoms with E-state index in [0.717, 1.165) is 11.5 Å². The van der Waals surface area contributed by atoms with E-state index in [2.05, 4.69) is 29.8 Å². The van der Waals surface area contributed by atoms with Crippen LogP contribution in [0.25, 0.3) is 0 Å². The Bertz CT molecular complexity index is 660. The molecule has 0 aromatic carbocycles. The van der Waals surface area contributed by atoms with E-state index in [9.17, 15) is 8.42 Å². The van der Waals surface area contributed by atoms with Crippen molar-refractivity contribution in [2.24, 2.45) is 0 Å². The monoisotopic (exact) mass is 320 g/mol. The van der Waals surface area contributed by atoms with E-state index >= 15 is 0 Å². The zero-order valence-electron chi connectivity index (χ0n) is 9.66. The van der Waals surface area contributed by atoms with Crippen LogP contribution in [0.15, 0.2) is 17.2 Å². The molecule has 0 radical (unpaired) electrons. The second kappa shape index (κ2) is 5.63. The molecule has 19 heavy (non-hydrogen) atoms. The van der Waals surface area contributed by atoms with Crippen molar-refractivity contribution in [3.05, 3.63) is 17.3 Å². The van der Waals surface area contributed by atoms with E-state index in [0.29, 0.717) is 12.4 Å². The predicted molar refractivity (Wildman–Crippen MR) is 71.9 cm³/mol. The molecule has 102 valence electrons. The van der Waals surface area contributed by atoms with Gasteiger partial charge in [-0.25, -0.2) is 13.4 Å². The molecule has 0 aliphatic carbocycles. The van der Waals surface area contributed by atoms with Crippen LogP contribution in [-0.2, 0) is 10.0 Å². The smallest absolute Gasteiger partial charge is 0.265 e. The number of pyridine rings is 1. The van der Waals surface area contributed by atoms with Gasteiger partial charge in [0.2, 0.25) is 5.13 Å². The topological polar surface area (TPSA) is 110 Å². The molecule has 0 unspecified atom stereocenters. The van der Waals surface area contributed by atoms with Crippen LogP contribution in [0, 0.1) is 0 Å². The van der Waals surface area contributed by atoms with Gasteiger partial charge in [0, 0.05) is 24.3 Å². The molecule has 8 nitrogen and oxygen atoms in total. The third kappa shape index (κ3) is 3.28. The summed E-state index contributed by atoms with van der Waals surface area (Å²) >= 11 is 6.77. The van der Waals surface area contributed by atoms with E-state index in [1.807, 2.05) is 6.92 Å². The molecule has 0 amide bonds. The quantitative estimate of drug-likeness (QED) is 0.852. The van der Waals surface area contributed by atoms with Crippen molar-refractivity contribution in [1.29, 1.82) is 0 Å². The summed E-state index contributed by atoms with van der Waals surface area (Å²) in [6, 6.07) is 1.31. The van der Waals surface area contributed by atoms with E-state index in [4.69, 9.17) is 11.6 Å². The Labute approximate surface area is 118 Å². The van der Waals surface area contributed by atoms with Gasteiger partial charge in [-0.05, 0) is 18.2 Å². The molecule has 11 heteroatoms. The van der Waals surface area contributed by atoms with Crippen LogP contribution in [0.1, 0.15) is 6.92 Å². The normalized spacial score (nSPS) is 11.3. The van der Waals surface area contributed by atoms with Gasteiger partial charge in [0.05, 0.1) is 5.02 Å². The number of nitrogens with one attached hydrogen (secondary N) is 2. The number of rotatable bonds is 5. The Morgan fingerprint density at radius 2 is 2.26 bits per heavy atom. The number of nitrogens with zero attached hydrogens (tertiary/aromatic N) is 4. The molecular weight excluding hydrogens is 312 g/mol. The molecule has 0 saturated carbocycles. The molecule has 0 aliphatic heterocycles. The fourth-order valence-electron chi connectivity index (χ4n) is 1.21. The highest BCUT2D eigenvalue weighted by Gasteiger charge is 2.18. The standard InChI is InChI=1S/C8H9ClN6O2S2/c1-2-10-7-6(9)3-5(4-11-7)19(16,17)13-8-12-14-15-18-8/h3-4H,2H2,1H3,(H,10,11)(H,12,13,15). The molecule has 0 bridgehead atoms. The van der Waals surface area contributed by atoms with Gasteiger partial charge in [-0.3, -0.25) is 4.72 Å². The number of hydrogen-bond donors (Lipinski definition) is 2. The fraction of sp³-hybridized carbons (Fsp3) is 0.250. The molecule has 2 aromatic rings. The second-order valence-electron chi connectivity index (χ2n) is 3.30. The van der Waals surface area contributed by atoms with Crippen molar-refractivity contribution in [2.45, 2.75) is 11.8 Å². The van der Waals surface area contributed by atoms with Crippen LogP contribution in [0.2, 0.25) is 5.02 Å². The Morgan fingerprint density at radius 1 is 1.47 bits per heavy atom. The van der Waals surface area contributed by atoms with Gasteiger partial charge in [-0.1, -0.05) is 21.2 Å². The van der Waals surface area contributed by atoms with Crippen molar-refractivity contribution in [2.75, 3.05) is 16.6 Å². The first-order chi connectivity index (χ1) is 9.03. The van der Waals surface area contributed by atoms with Crippen molar-refractivity contribution in [1.82, 2.24) is 19.8 Å². The van der Waals surface area contributed by atoms with Gasteiger partial charge < -0.3 is 5.32 Å². The maximum atomic E-state index is 12.0. The first kappa shape index (κ1) is 13.9. The van der Waals surface area contributed by atoms with Crippen LogP contribution >= 0.6 is 23.1 Å². The molecule has 2 N–H and O–H groups in total. The summed E-state index contributed by atoms with van der Waals surface area (Å²) < 4.78 is 29.7. The summed E-state index contributed by atoms with van der Waals surface area (Å²) in [5.41, 5.74) is 0. The largest absolute Gasteiger partial charge is 0.369 e. The summed E-state index contributed by atoms with van der Waals surface area (Å²) in [6.45, 7) is 2.51. The number of hydrogen-bond acceptors (Lipinski definition) is 8. The lowest BCUT2D eigenvalue weighted by Gasteiger charge is -2.08. The van der Waals surface area contributed by atoms with Crippen LogP contribution in [0.3, 0.4) is 0 Å². The highest BCUT2D eigenvalue weighted by molar-refractivity contribution is 7.93. The molecule has 0 spiro atoms. The summed E-state index contributed by atoms with van der Waals surface area (Å²) in [4.78, 5) is 3.89. The number of aromatic nitrogens is 4. The summed E-state index contributed by atoms with van der Waals surface area (Å²) in [6.07, 6.45) is 1.21. The SMILES string of the molecule is CCNc1ncc(S(=O)(=O)Nc2nnns2)cc1Cl. The maximum absolute atomic E-state index is 12.0. The zero-order valence-corrected chi connectivity index (χ0v) is 12.1. The molecule has 2 rings (SSSR count). The Morgan fingerprint density at radius 3 is 2.84 bits per heavy atom. The minimum Gasteiger partial charge on any atom is -0.369 e. The first-order valence-corrected chi connectivity index (χ1v) is 7.73. The maximum Gasteiger partial charge on any atom is 0.265 e. The molecular formula is C8H9ClN6O2S2. The van der Waals surface area contributed by atoms with Crippen LogP contribution < -0.4 is 10.0 Å².